The number of amides is 1. The van der Waals surface area contributed by atoms with E-state index >= 15 is 0 Å². The highest BCUT2D eigenvalue weighted by atomic mass is 16.6. The van der Waals surface area contributed by atoms with Crippen molar-refractivity contribution in [3.8, 4) is 5.75 Å². The summed E-state index contributed by atoms with van der Waals surface area (Å²) < 4.78 is 11.1. The number of nitrogens with one attached hydrogen (secondary N) is 2. The van der Waals surface area contributed by atoms with Crippen LogP contribution in [0.25, 0.3) is 0 Å². The van der Waals surface area contributed by atoms with Crippen LogP contribution in [0.2, 0.25) is 0 Å². The number of benzene rings is 1. The number of hydrogen-bond acceptors (Lipinski definition) is 5. The van der Waals surface area contributed by atoms with Gasteiger partial charge in [0.15, 0.2) is 0 Å². The van der Waals surface area contributed by atoms with Crippen LogP contribution in [0.3, 0.4) is 0 Å². The molecule has 0 bridgehead atoms. The molecule has 134 valence electrons. The van der Waals surface area contributed by atoms with E-state index in [4.69, 9.17) is 9.47 Å². The van der Waals surface area contributed by atoms with Gasteiger partial charge < -0.3 is 25.2 Å². The van der Waals surface area contributed by atoms with Crippen molar-refractivity contribution < 1.29 is 19.4 Å². The molecule has 0 aliphatic carbocycles. The number of carbonyl (C=O) groups excluding carboxylic acids is 1. The van der Waals surface area contributed by atoms with Crippen molar-refractivity contribution in [1.29, 1.82) is 0 Å². The fourth-order valence-electron chi connectivity index (χ4n) is 2.56. The lowest BCUT2D eigenvalue weighted by molar-refractivity contribution is 0.0439. The molecule has 2 atom stereocenters. The van der Waals surface area contributed by atoms with Crippen molar-refractivity contribution in [3.05, 3.63) is 29.8 Å². The standard InChI is InChI=1S/C18H28N2O4/c1-17(2,3)24-16(21)20-13-10-23-14-9-7-6-8-12(14)15(13)19-11-18(4,5)22/h6-9,13,15,19,22H,10-11H2,1-5H3,(H,20,21). The third kappa shape index (κ3) is 5.39. The van der Waals surface area contributed by atoms with Crippen molar-refractivity contribution in [2.45, 2.75) is 57.9 Å². The molecule has 0 saturated carbocycles. The van der Waals surface area contributed by atoms with Gasteiger partial charge in [0.2, 0.25) is 0 Å². The number of alkyl carbamates (subject to hydrolysis) is 1. The van der Waals surface area contributed by atoms with E-state index in [1.807, 2.05) is 45.0 Å². The molecule has 0 saturated heterocycles. The average Bonchev–Trinajstić information content (AvgIpc) is 2.42. The Kier molecular flexibility index (Phi) is 5.40. The smallest absolute Gasteiger partial charge is 0.408 e. The summed E-state index contributed by atoms with van der Waals surface area (Å²) in [6.45, 7) is 9.66. The second-order valence-electron chi connectivity index (χ2n) is 7.77. The maximum Gasteiger partial charge on any atom is 0.408 e. The van der Waals surface area contributed by atoms with Crippen LogP contribution >= 0.6 is 0 Å². The molecule has 1 aromatic carbocycles. The number of rotatable bonds is 4. The second kappa shape index (κ2) is 6.99. The van der Waals surface area contributed by atoms with Crippen molar-refractivity contribution >= 4 is 6.09 Å². The molecule has 1 amide bonds. The Bertz CT molecular complexity index is 575. The lowest BCUT2D eigenvalue weighted by Crippen LogP contribution is -2.52. The lowest BCUT2D eigenvalue weighted by Gasteiger charge is -2.36. The highest BCUT2D eigenvalue weighted by Gasteiger charge is 2.33. The van der Waals surface area contributed by atoms with Gasteiger partial charge in [0.05, 0.1) is 17.7 Å². The highest BCUT2D eigenvalue weighted by Crippen LogP contribution is 2.32. The first-order valence-electron chi connectivity index (χ1n) is 8.22. The van der Waals surface area contributed by atoms with Crippen LogP contribution in [0.15, 0.2) is 24.3 Å². The summed E-state index contributed by atoms with van der Waals surface area (Å²) in [4.78, 5) is 12.1. The van der Waals surface area contributed by atoms with Crippen LogP contribution in [0.4, 0.5) is 4.79 Å². The van der Waals surface area contributed by atoms with Crippen LogP contribution in [0, 0.1) is 0 Å². The number of hydrogen-bond donors (Lipinski definition) is 3. The predicted molar refractivity (Wildman–Crippen MR) is 92.1 cm³/mol. The molecule has 0 radical (unpaired) electrons. The van der Waals surface area contributed by atoms with Gasteiger partial charge in [-0.25, -0.2) is 4.79 Å². The molecule has 0 spiro atoms. The monoisotopic (exact) mass is 336 g/mol. The summed E-state index contributed by atoms with van der Waals surface area (Å²) in [5.74, 6) is 0.785. The minimum atomic E-state index is -0.857. The van der Waals surface area contributed by atoms with E-state index in [9.17, 15) is 9.90 Å². The van der Waals surface area contributed by atoms with Crippen molar-refractivity contribution in [2.24, 2.45) is 0 Å². The van der Waals surface area contributed by atoms with Gasteiger partial charge in [-0.15, -0.1) is 0 Å². The normalized spacial score (nSPS) is 20.8. The van der Waals surface area contributed by atoms with Crippen molar-refractivity contribution in [3.63, 3.8) is 0 Å². The van der Waals surface area contributed by atoms with E-state index in [0.717, 1.165) is 11.3 Å². The fourth-order valence-corrected chi connectivity index (χ4v) is 2.56. The van der Waals surface area contributed by atoms with E-state index in [-0.39, 0.29) is 12.1 Å². The highest BCUT2D eigenvalue weighted by molar-refractivity contribution is 5.68. The summed E-state index contributed by atoms with van der Waals surface area (Å²) >= 11 is 0. The second-order valence-corrected chi connectivity index (χ2v) is 7.77. The quantitative estimate of drug-likeness (QED) is 0.787. The summed E-state index contributed by atoms with van der Waals surface area (Å²) in [6.07, 6.45) is -0.481. The number of aliphatic hydroxyl groups is 1. The fraction of sp³-hybridized carbons (Fsp3) is 0.611. The van der Waals surface area contributed by atoms with E-state index in [0.29, 0.717) is 13.2 Å². The summed E-state index contributed by atoms with van der Waals surface area (Å²) in [5.41, 5.74) is -0.467. The van der Waals surface area contributed by atoms with Crippen LogP contribution in [-0.2, 0) is 4.74 Å². The molecule has 6 nitrogen and oxygen atoms in total. The topological polar surface area (TPSA) is 79.8 Å². The van der Waals surface area contributed by atoms with Crippen molar-refractivity contribution in [2.75, 3.05) is 13.2 Å². The molecular formula is C18H28N2O4. The van der Waals surface area contributed by atoms with Crippen LogP contribution in [-0.4, -0.2) is 41.6 Å². The van der Waals surface area contributed by atoms with Crippen LogP contribution < -0.4 is 15.4 Å². The average molecular weight is 336 g/mol. The first kappa shape index (κ1) is 18.5. The van der Waals surface area contributed by atoms with Crippen molar-refractivity contribution in [1.82, 2.24) is 10.6 Å². The van der Waals surface area contributed by atoms with Gasteiger partial charge >= 0.3 is 6.09 Å². The van der Waals surface area contributed by atoms with Gasteiger partial charge in [0.1, 0.15) is 18.0 Å². The largest absolute Gasteiger partial charge is 0.491 e. The predicted octanol–water partition coefficient (Wildman–Crippen LogP) is 2.37. The van der Waals surface area contributed by atoms with E-state index in [1.165, 1.54) is 0 Å². The first-order valence-corrected chi connectivity index (χ1v) is 8.22. The minimum absolute atomic E-state index is 0.172. The Hall–Kier alpha value is -1.79. The first-order chi connectivity index (χ1) is 11.1. The zero-order valence-electron chi connectivity index (χ0n) is 15.1. The minimum Gasteiger partial charge on any atom is -0.491 e. The Labute approximate surface area is 143 Å². The summed E-state index contributed by atoms with van der Waals surface area (Å²) in [7, 11) is 0. The Morgan fingerprint density at radius 3 is 2.58 bits per heavy atom. The molecular weight excluding hydrogens is 308 g/mol. The molecule has 24 heavy (non-hydrogen) atoms. The molecule has 6 heteroatoms. The molecule has 1 aliphatic rings. The molecule has 1 aromatic rings. The van der Waals surface area contributed by atoms with Gasteiger partial charge in [0.25, 0.3) is 0 Å². The zero-order chi connectivity index (χ0) is 18.0. The molecule has 1 heterocycles. The van der Waals surface area contributed by atoms with Gasteiger partial charge in [0, 0.05) is 12.1 Å². The number of ether oxygens (including phenoxy) is 2. The zero-order valence-corrected chi connectivity index (χ0v) is 15.1. The summed E-state index contributed by atoms with van der Waals surface area (Å²) in [6, 6.07) is 7.23. The van der Waals surface area contributed by atoms with Crippen LogP contribution in [0.5, 0.6) is 5.75 Å². The molecule has 0 fully saturated rings. The molecule has 1 aliphatic heterocycles. The molecule has 2 unspecified atom stereocenters. The Morgan fingerprint density at radius 1 is 1.29 bits per heavy atom. The lowest BCUT2D eigenvalue weighted by atomic mass is 9.95. The van der Waals surface area contributed by atoms with Gasteiger partial charge in [-0.2, -0.15) is 0 Å². The summed E-state index contributed by atoms with van der Waals surface area (Å²) in [5, 5.41) is 16.2. The van der Waals surface area contributed by atoms with E-state index in [2.05, 4.69) is 10.6 Å². The maximum absolute atomic E-state index is 12.1. The molecule has 3 N–H and O–H groups in total. The SMILES string of the molecule is CC(C)(O)CNC1c2ccccc2OCC1NC(=O)OC(C)(C)C. The number of para-hydroxylation sites is 1. The third-order valence-corrected chi connectivity index (χ3v) is 3.53. The number of fused-ring (bicyclic) bond motifs is 1. The molecule has 2 rings (SSSR count). The van der Waals surface area contributed by atoms with Gasteiger partial charge in [-0.1, -0.05) is 18.2 Å². The third-order valence-electron chi connectivity index (χ3n) is 3.53. The molecule has 0 aromatic heterocycles. The number of carbonyl (C=O) groups is 1. The van der Waals surface area contributed by atoms with E-state index < -0.39 is 17.3 Å². The van der Waals surface area contributed by atoms with E-state index in [1.54, 1.807) is 13.8 Å². The maximum atomic E-state index is 12.1. The van der Waals surface area contributed by atoms with Gasteiger partial charge in [-0.3, -0.25) is 0 Å². The van der Waals surface area contributed by atoms with Gasteiger partial charge in [-0.05, 0) is 40.7 Å². The Morgan fingerprint density at radius 2 is 1.96 bits per heavy atom. The van der Waals surface area contributed by atoms with Crippen LogP contribution in [0.1, 0.15) is 46.2 Å². The Balaban J connectivity index is 2.15.